The van der Waals surface area contributed by atoms with E-state index in [1.807, 2.05) is 0 Å². The number of hydrogen-bond acceptors (Lipinski definition) is 14. The van der Waals surface area contributed by atoms with Crippen LogP contribution < -0.4 is 0 Å². The van der Waals surface area contributed by atoms with Gasteiger partial charge in [-0.05, 0) is 42.5 Å². The van der Waals surface area contributed by atoms with Crippen molar-refractivity contribution in [1.82, 2.24) is 10.8 Å². The van der Waals surface area contributed by atoms with Crippen molar-refractivity contribution in [3.8, 4) is 0 Å². The van der Waals surface area contributed by atoms with Crippen molar-refractivity contribution < 1.29 is 58.0 Å². The second-order valence-corrected chi connectivity index (χ2v) is 10.5. The van der Waals surface area contributed by atoms with Crippen molar-refractivity contribution >= 4 is 32.9 Å². The summed E-state index contributed by atoms with van der Waals surface area (Å²) in [5, 5.41) is 33.9. The van der Waals surface area contributed by atoms with Gasteiger partial charge in [0, 0.05) is 18.8 Å². The number of esters is 2. The SMILES string of the molecule is CC(=O)OC/C(=C(\C(=O)OCCCC[C@H](CON(O)O)ON(O)O)c1ccccc1)c1ccc(S(C)(=O)=O)cc1. The van der Waals surface area contributed by atoms with E-state index in [-0.39, 0.29) is 30.1 Å². The molecular weight excluding hydrogens is 552 g/mol. The fourth-order valence-electron chi connectivity index (χ4n) is 3.56. The number of carbonyl (C=O) groups excluding carboxylic acids is 2. The maximum atomic E-state index is 13.4. The van der Waals surface area contributed by atoms with Crippen molar-refractivity contribution in [3.63, 3.8) is 0 Å². The van der Waals surface area contributed by atoms with Gasteiger partial charge < -0.3 is 9.47 Å². The zero-order valence-electron chi connectivity index (χ0n) is 21.9. The van der Waals surface area contributed by atoms with Crippen LogP contribution >= 0.6 is 0 Å². The van der Waals surface area contributed by atoms with Gasteiger partial charge in [-0.2, -0.15) is 0 Å². The average molecular weight is 585 g/mol. The Morgan fingerprint density at radius 1 is 0.875 bits per heavy atom. The molecule has 2 aromatic rings. The lowest BCUT2D eigenvalue weighted by Gasteiger charge is -2.19. The number of ether oxygens (including phenoxy) is 2. The van der Waals surface area contributed by atoms with Gasteiger partial charge in [0.1, 0.15) is 19.3 Å². The van der Waals surface area contributed by atoms with Crippen molar-refractivity contribution in [2.75, 3.05) is 26.1 Å². The maximum absolute atomic E-state index is 13.4. The Labute approximate surface area is 230 Å². The van der Waals surface area contributed by atoms with Crippen LogP contribution in [0.15, 0.2) is 59.5 Å². The summed E-state index contributed by atoms with van der Waals surface area (Å²) in [4.78, 5) is 34.1. The minimum atomic E-state index is -3.47. The number of rotatable bonds is 16. The highest BCUT2D eigenvalue weighted by molar-refractivity contribution is 7.90. The van der Waals surface area contributed by atoms with Crippen molar-refractivity contribution in [2.45, 2.75) is 37.2 Å². The van der Waals surface area contributed by atoms with Crippen LogP contribution in [-0.2, 0) is 38.6 Å². The highest BCUT2D eigenvalue weighted by atomic mass is 32.2. The van der Waals surface area contributed by atoms with E-state index in [4.69, 9.17) is 30.3 Å². The van der Waals surface area contributed by atoms with Gasteiger partial charge in [0.05, 0.1) is 27.9 Å². The quantitative estimate of drug-likeness (QED) is 0.0739. The summed E-state index contributed by atoms with van der Waals surface area (Å²) in [6.45, 7) is 0.462. The van der Waals surface area contributed by atoms with E-state index < -0.39 is 45.3 Å². The van der Waals surface area contributed by atoms with E-state index >= 15 is 0 Å². The van der Waals surface area contributed by atoms with Crippen LogP contribution in [0.4, 0.5) is 0 Å². The Kier molecular flexibility index (Phi) is 13.3. The Morgan fingerprint density at radius 2 is 1.52 bits per heavy atom. The Morgan fingerprint density at radius 3 is 2.08 bits per heavy atom. The molecule has 4 N–H and O–H groups in total. The minimum Gasteiger partial charge on any atom is -0.462 e. The molecule has 0 bridgehead atoms. The van der Waals surface area contributed by atoms with Crippen LogP contribution in [0, 0.1) is 0 Å². The Bertz CT molecular complexity index is 1230. The van der Waals surface area contributed by atoms with Crippen LogP contribution in [0.25, 0.3) is 11.1 Å². The molecule has 0 fully saturated rings. The lowest BCUT2D eigenvalue weighted by Crippen LogP contribution is -2.31. The molecule has 40 heavy (non-hydrogen) atoms. The summed E-state index contributed by atoms with van der Waals surface area (Å²) < 4.78 is 34.5. The number of carbonyl (C=O) groups is 2. The normalized spacial score (nSPS) is 13.2. The van der Waals surface area contributed by atoms with Crippen LogP contribution in [-0.4, -0.2) is 84.1 Å². The molecule has 0 radical (unpaired) electrons. The summed E-state index contributed by atoms with van der Waals surface area (Å²) >= 11 is 0. The molecule has 0 aliphatic heterocycles. The molecule has 0 saturated heterocycles. The second kappa shape index (κ2) is 16.1. The first-order chi connectivity index (χ1) is 18.9. The molecule has 14 nitrogen and oxygen atoms in total. The van der Waals surface area contributed by atoms with Crippen molar-refractivity contribution in [1.29, 1.82) is 0 Å². The van der Waals surface area contributed by atoms with Gasteiger partial charge in [0.25, 0.3) is 0 Å². The molecule has 1 atom stereocenters. The largest absolute Gasteiger partial charge is 0.462 e. The number of unbranched alkanes of at least 4 members (excludes halogenated alkanes) is 1. The lowest BCUT2D eigenvalue weighted by atomic mass is 9.95. The van der Waals surface area contributed by atoms with E-state index in [1.54, 1.807) is 30.3 Å². The number of hydrogen-bond donors (Lipinski definition) is 4. The molecule has 0 heterocycles. The highest BCUT2D eigenvalue weighted by Gasteiger charge is 2.22. The molecule has 220 valence electrons. The fraction of sp³-hybridized carbons (Fsp3) is 0.360. The third-order valence-corrected chi connectivity index (χ3v) is 6.52. The van der Waals surface area contributed by atoms with Gasteiger partial charge in [0.15, 0.2) is 9.84 Å². The predicted octanol–water partition coefficient (Wildman–Crippen LogP) is 2.67. The van der Waals surface area contributed by atoms with Crippen LogP contribution in [0.5, 0.6) is 0 Å². The molecule has 0 amide bonds. The summed E-state index contributed by atoms with van der Waals surface area (Å²) in [5.41, 5.74) is 1.35. The lowest BCUT2D eigenvalue weighted by molar-refractivity contribution is -0.527. The first-order valence-electron chi connectivity index (χ1n) is 11.9. The minimum absolute atomic E-state index is 0.0509. The van der Waals surface area contributed by atoms with E-state index in [9.17, 15) is 18.0 Å². The van der Waals surface area contributed by atoms with E-state index in [0.717, 1.165) is 6.26 Å². The molecule has 2 aromatic carbocycles. The molecule has 0 spiro atoms. The van der Waals surface area contributed by atoms with Gasteiger partial charge >= 0.3 is 11.9 Å². The maximum Gasteiger partial charge on any atom is 0.339 e. The highest BCUT2D eigenvalue weighted by Crippen LogP contribution is 2.29. The van der Waals surface area contributed by atoms with Crippen LogP contribution in [0.1, 0.15) is 37.3 Å². The summed E-state index contributed by atoms with van der Waals surface area (Å²) in [7, 11) is -3.47. The fourth-order valence-corrected chi connectivity index (χ4v) is 4.19. The van der Waals surface area contributed by atoms with E-state index in [0.29, 0.717) is 29.5 Å². The Balaban J connectivity index is 2.26. The monoisotopic (exact) mass is 584 g/mol. The smallest absolute Gasteiger partial charge is 0.339 e. The van der Waals surface area contributed by atoms with Crippen molar-refractivity contribution in [2.24, 2.45) is 0 Å². The van der Waals surface area contributed by atoms with Gasteiger partial charge in [0.2, 0.25) is 0 Å². The summed E-state index contributed by atoms with van der Waals surface area (Å²) in [6.07, 6.45) is 0.925. The third-order valence-electron chi connectivity index (χ3n) is 5.39. The standard InChI is InChI=1S/C25H32N2O12S/c1-18(28)37-17-23(19-11-13-22(14-12-19)40(2,34)35)24(20-8-4-3-5-9-20)25(29)36-15-7-6-10-21(39-27(32)33)16-38-26(30)31/h3-5,8-9,11-14,21,30-33H,6-7,10,15-17H2,1-2H3/b24-23+/t21-/m1/s1. The van der Waals surface area contributed by atoms with E-state index in [2.05, 4.69) is 9.68 Å². The van der Waals surface area contributed by atoms with Crippen LogP contribution in [0.2, 0.25) is 0 Å². The average Bonchev–Trinajstić information content (AvgIpc) is 2.88. The zero-order chi connectivity index (χ0) is 29.7. The molecular formula is C25H32N2O12S. The van der Waals surface area contributed by atoms with Gasteiger partial charge in [-0.25, -0.2) is 22.9 Å². The molecule has 0 aliphatic carbocycles. The molecule has 0 unspecified atom stereocenters. The Hall–Kier alpha value is -3.25. The molecule has 2 rings (SSSR count). The van der Waals surface area contributed by atoms with Crippen LogP contribution in [0.3, 0.4) is 0 Å². The molecule has 15 heteroatoms. The van der Waals surface area contributed by atoms with Crippen molar-refractivity contribution in [3.05, 3.63) is 65.7 Å². The number of benzene rings is 2. The topological polar surface area (TPSA) is 193 Å². The van der Waals surface area contributed by atoms with Gasteiger partial charge in [-0.1, -0.05) is 42.5 Å². The number of sulfone groups is 1. The van der Waals surface area contributed by atoms with Gasteiger partial charge in [-0.15, -0.1) is 0 Å². The predicted molar refractivity (Wildman–Crippen MR) is 136 cm³/mol. The van der Waals surface area contributed by atoms with E-state index in [1.165, 1.54) is 31.2 Å². The summed E-state index contributed by atoms with van der Waals surface area (Å²) in [5.74, 6) is -1.30. The van der Waals surface area contributed by atoms with Gasteiger partial charge in [-0.3, -0.25) is 25.6 Å². The molecule has 0 aliphatic rings. The third kappa shape index (κ3) is 11.5. The molecule has 0 aromatic heterocycles. The first-order valence-corrected chi connectivity index (χ1v) is 13.8. The first kappa shape index (κ1) is 33.0. The number of nitrogens with zero attached hydrogens (tertiary/aromatic N) is 2. The summed E-state index contributed by atoms with van der Waals surface area (Å²) in [6, 6.07) is 14.4. The second-order valence-electron chi connectivity index (χ2n) is 8.46. The molecule has 0 saturated carbocycles. The zero-order valence-corrected chi connectivity index (χ0v) is 22.7.